The molecule has 35 heavy (non-hydrogen) atoms. The maximum atomic E-state index is 14.3. The first-order valence-electron chi connectivity index (χ1n) is 11.8. The quantitative estimate of drug-likeness (QED) is 0.385. The Labute approximate surface area is 204 Å². The van der Waals surface area contributed by atoms with E-state index in [4.69, 9.17) is 14.0 Å². The number of aryl methyl sites for hydroxylation is 1. The van der Waals surface area contributed by atoms with Gasteiger partial charge in [-0.3, -0.25) is 4.79 Å². The van der Waals surface area contributed by atoms with Crippen molar-refractivity contribution in [2.75, 3.05) is 20.8 Å². The number of ether oxygens (including phenoxy) is 2. The number of benzene rings is 2. The van der Waals surface area contributed by atoms with Crippen LogP contribution in [-0.4, -0.2) is 41.7 Å². The van der Waals surface area contributed by atoms with Gasteiger partial charge in [0, 0.05) is 12.2 Å². The monoisotopic (exact) mass is 471 g/mol. The Morgan fingerprint density at radius 3 is 2.49 bits per heavy atom. The summed E-state index contributed by atoms with van der Waals surface area (Å²) in [5, 5.41) is 4.77. The number of amides is 1. The van der Waals surface area contributed by atoms with E-state index in [0.29, 0.717) is 46.8 Å². The van der Waals surface area contributed by atoms with Crippen molar-refractivity contribution < 1.29 is 18.8 Å². The van der Waals surface area contributed by atoms with E-state index < -0.39 is 0 Å². The second-order valence-corrected chi connectivity index (χ2v) is 9.17. The average molecular weight is 472 g/mol. The SMILES string of the molecule is COc1cc2c(cc1OC)C(c1ccccc1)N(C(=O)c1cc(C(C)C)nc3onc(C)c13)CC2. The van der Waals surface area contributed by atoms with Crippen molar-refractivity contribution in [2.45, 2.75) is 39.2 Å². The lowest BCUT2D eigenvalue weighted by Crippen LogP contribution is -2.40. The van der Waals surface area contributed by atoms with Gasteiger partial charge in [-0.15, -0.1) is 0 Å². The molecule has 180 valence electrons. The maximum Gasteiger partial charge on any atom is 0.259 e. The highest BCUT2D eigenvalue weighted by Crippen LogP contribution is 2.42. The van der Waals surface area contributed by atoms with Gasteiger partial charge in [0.1, 0.15) is 0 Å². The molecule has 7 nitrogen and oxygen atoms in total. The summed E-state index contributed by atoms with van der Waals surface area (Å²) < 4.78 is 16.6. The van der Waals surface area contributed by atoms with Gasteiger partial charge in [-0.2, -0.15) is 0 Å². The Hall–Kier alpha value is -3.87. The molecule has 0 saturated heterocycles. The molecule has 0 N–H and O–H groups in total. The summed E-state index contributed by atoms with van der Waals surface area (Å²) in [7, 11) is 3.27. The summed E-state index contributed by atoms with van der Waals surface area (Å²) in [5.41, 5.74) is 5.64. The number of hydrogen-bond acceptors (Lipinski definition) is 6. The molecule has 0 bridgehead atoms. The Morgan fingerprint density at radius 1 is 1.09 bits per heavy atom. The molecule has 2 aromatic carbocycles. The standard InChI is InChI=1S/C28H29N3O4/c1-16(2)22-14-21(25-17(3)30-35-27(25)29-22)28(32)31-12-11-19-13-23(33-4)24(34-5)15-20(19)26(31)18-9-7-6-8-10-18/h6-10,13-16,26H,11-12H2,1-5H3. The molecule has 0 saturated carbocycles. The number of hydrogen-bond donors (Lipinski definition) is 0. The van der Waals surface area contributed by atoms with Gasteiger partial charge < -0.3 is 18.9 Å². The van der Waals surface area contributed by atoms with Crippen LogP contribution in [0, 0.1) is 6.92 Å². The largest absolute Gasteiger partial charge is 0.493 e. The maximum absolute atomic E-state index is 14.3. The third kappa shape index (κ3) is 3.91. The molecular weight excluding hydrogens is 442 g/mol. The highest BCUT2D eigenvalue weighted by Gasteiger charge is 2.35. The van der Waals surface area contributed by atoms with Crippen LogP contribution in [0.5, 0.6) is 11.5 Å². The minimum absolute atomic E-state index is 0.0695. The molecule has 1 aliphatic heterocycles. The highest BCUT2D eigenvalue weighted by atomic mass is 16.5. The van der Waals surface area contributed by atoms with Gasteiger partial charge in [-0.1, -0.05) is 49.3 Å². The van der Waals surface area contributed by atoms with Crippen molar-refractivity contribution in [3.8, 4) is 11.5 Å². The summed E-state index contributed by atoms with van der Waals surface area (Å²) >= 11 is 0. The van der Waals surface area contributed by atoms with E-state index >= 15 is 0 Å². The summed E-state index contributed by atoms with van der Waals surface area (Å²) in [6, 6.07) is 15.7. The van der Waals surface area contributed by atoms with Crippen LogP contribution in [0.2, 0.25) is 0 Å². The molecule has 2 aromatic heterocycles. The number of carbonyl (C=O) groups excluding carboxylic acids is 1. The predicted octanol–water partition coefficient (Wildman–Crippen LogP) is 5.46. The summed E-state index contributed by atoms with van der Waals surface area (Å²) in [4.78, 5) is 20.8. The Morgan fingerprint density at radius 2 is 1.80 bits per heavy atom. The third-order valence-corrected chi connectivity index (χ3v) is 6.71. The zero-order chi connectivity index (χ0) is 24.7. The molecule has 1 unspecified atom stereocenters. The summed E-state index contributed by atoms with van der Waals surface area (Å²) in [6.45, 7) is 6.51. The molecule has 0 fully saturated rings. The molecule has 1 aliphatic rings. The number of rotatable bonds is 5. The van der Waals surface area contributed by atoms with Gasteiger partial charge in [0.05, 0.1) is 36.9 Å². The molecule has 4 aromatic rings. The minimum atomic E-state index is -0.280. The van der Waals surface area contributed by atoms with Crippen LogP contribution < -0.4 is 9.47 Å². The van der Waals surface area contributed by atoms with Crippen LogP contribution in [0.4, 0.5) is 0 Å². The van der Waals surface area contributed by atoms with Gasteiger partial charge in [0.15, 0.2) is 11.5 Å². The van der Waals surface area contributed by atoms with Crippen LogP contribution in [0.15, 0.2) is 53.1 Å². The zero-order valence-corrected chi connectivity index (χ0v) is 20.7. The van der Waals surface area contributed by atoms with Crippen molar-refractivity contribution in [1.29, 1.82) is 0 Å². The second-order valence-electron chi connectivity index (χ2n) is 9.17. The van der Waals surface area contributed by atoms with Gasteiger partial charge in [-0.25, -0.2) is 4.98 Å². The predicted molar refractivity (Wildman–Crippen MR) is 133 cm³/mol. The van der Waals surface area contributed by atoms with Crippen molar-refractivity contribution in [3.05, 3.63) is 82.2 Å². The fraction of sp³-hybridized carbons (Fsp3) is 0.321. The van der Waals surface area contributed by atoms with Crippen molar-refractivity contribution in [1.82, 2.24) is 15.0 Å². The van der Waals surface area contributed by atoms with Crippen molar-refractivity contribution in [3.63, 3.8) is 0 Å². The zero-order valence-electron chi connectivity index (χ0n) is 20.7. The van der Waals surface area contributed by atoms with E-state index in [2.05, 4.69) is 36.1 Å². The Kier molecular flexibility index (Phi) is 5.93. The minimum Gasteiger partial charge on any atom is -0.493 e. The molecule has 3 heterocycles. The first-order valence-corrected chi connectivity index (χ1v) is 11.8. The van der Waals surface area contributed by atoms with Crippen LogP contribution in [0.1, 0.15) is 64.2 Å². The number of pyridine rings is 1. The molecule has 1 atom stereocenters. The van der Waals surface area contributed by atoms with E-state index in [1.807, 2.05) is 48.2 Å². The number of fused-ring (bicyclic) bond motifs is 2. The lowest BCUT2D eigenvalue weighted by molar-refractivity contribution is 0.0696. The highest BCUT2D eigenvalue weighted by molar-refractivity contribution is 6.06. The third-order valence-electron chi connectivity index (χ3n) is 6.71. The molecule has 7 heteroatoms. The van der Waals surface area contributed by atoms with E-state index in [1.54, 1.807) is 14.2 Å². The summed E-state index contributed by atoms with van der Waals surface area (Å²) in [6.07, 6.45) is 0.707. The lowest BCUT2D eigenvalue weighted by Gasteiger charge is -2.38. The normalized spacial score (nSPS) is 15.4. The van der Waals surface area contributed by atoms with E-state index in [1.165, 1.54) is 0 Å². The Balaban J connectivity index is 1.69. The summed E-state index contributed by atoms with van der Waals surface area (Å²) in [5.74, 6) is 1.40. The molecule has 1 amide bonds. The van der Waals surface area contributed by atoms with Crippen LogP contribution in [-0.2, 0) is 6.42 Å². The van der Waals surface area contributed by atoms with Crippen LogP contribution in [0.25, 0.3) is 11.1 Å². The average Bonchev–Trinajstić information content (AvgIpc) is 3.27. The van der Waals surface area contributed by atoms with Gasteiger partial charge in [0.25, 0.3) is 11.6 Å². The number of methoxy groups -OCH3 is 2. The molecule has 0 aliphatic carbocycles. The van der Waals surface area contributed by atoms with Gasteiger partial charge in [0.2, 0.25) is 0 Å². The van der Waals surface area contributed by atoms with Gasteiger partial charge >= 0.3 is 0 Å². The van der Waals surface area contributed by atoms with Crippen molar-refractivity contribution in [2.24, 2.45) is 0 Å². The molecular formula is C28H29N3O4. The molecule has 0 spiro atoms. The van der Waals surface area contributed by atoms with E-state index in [9.17, 15) is 4.79 Å². The van der Waals surface area contributed by atoms with Crippen LogP contribution in [0.3, 0.4) is 0 Å². The second kappa shape index (κ2) is 9.06. The molecule has 5 rings (SSSR count). The topological polar surface area (TPSA) is 77.7 Å². The fourth-order valence-electron chi connectivity index (χ4n) is 4.89. The first-order chi connectivity index (χ1) is 16.9. The Bertz CT molecular complexity index is 1390. The first kappa shape index (κ1) is 22.9. The fourth-order valence-corrected chi connectivity index (χ4v) is 4.89. The van der Waals surface area contributed by atoms with E-state index in [-0.39, 0.29) is 17.9 Å². The number of carbonyl (C=O) groups is 1. The van der Waals surface area contributed by atoms with Crippen LogP contribution >= 0.6 is 0 Å². The number of aromatic nitrogens is 2. The van der Waals surface area contributed by atoms with Crippen molar-refractivity contribution >= 4 is 17.0 Å². The van der Waals surface area contributed by atoms with Gasteiger partial charge in [-0.05, 0) is 54.2 Å². The smallest absolute Gasteiger partial charge is 0.259 e. The number of nitrogens with zero attached hydrogens (tertiary/aromatic N) is 3. The van der Waals surface area contributed by atoms with E-state index in [0.717, 1.165) is 22.4 Å². The molecule has 0 radical (unpaired) electrons. The lowest BCUT2D eigenvalue weighted by atomic mass is 9.87.